The third-order valence-corrected chi connectivity index (χ3v) is 4.93. The van der Waals surface area contributed by atoms with Crippen molar-refractivity contribution in [1.29, 1.82) is 0 Å². The van der Waals surface area contributed by atoms with E-state index in [0.29, 0.717) is 23.3 Å². The van der Waals surface area contributed by atoms with E-state index < -0.39 is 0 Å². The maximum Gasteiger partial charge on any atom is 0.271 e. The Kier molecular flexibility index (Phi) is 5.51. The summed E-state index contributed by atoms with van der Waals surface area (Å²) in [6.45, 7) is 2.69. The minimum absolute atomic E-state index is 0.160. The second-order valence-electron chi connectivity index (χ2n) is 6.75. The Labute approximate surface area is 169 Å². The van der Waals surface area contributed by atoms with Crippen LogP contribution in [0.25, 0.3) is 11.5 Å². The first-order chi connectivity index (χ1) is 13.7. The van der Waals surface area contributed by atoms with Crippen molar-refractivity contribution < 1.29 is 9.73 Å². The molecule has 0 radical (unpaired) electrons. The fraction of sp³-hybridized carbons (Fsp3) is 0.130. The molecule has 0 fully saturated rings. The summed E-state index contributed by atoms with van der Waals surface area (Å²) in [7, 11) is 0. The van der Waals surface area contributed by atoms with Gasteiger partial charge in [-0.25, -0.2) is 0 Å². The lowest BCUT2D eigenvalue weighted by Crippen LogP contribution is -2.84. The predicted octanol–water partition coefficient (Wildman–Crippen LogP) is 4.55. The van der Waals surface area contributed by atoms with Crippen molar-refractivity contribution in [3.63, 3.8) is 0 Å². The van der Waals surface area contributed by atoms with E-state index in [2.05, 4.69) is 71.0 Å². The zero-order valence-electron chi connectivity index (χ0n) is 15.5. The van der Waals surface area contributed by atoms with Gasteiger partial charge < -0.3 is 9.73 Å². The van der Waals surface area contributed by atoms with Crippen LogP contribution in [0.1, 0.15) is 28.6 Å². The topological polar surface area (TPSA) is 55.5 Å². The Morgan fingerprint density at radius 3 is 2.25 bits per heavy atom. The van der Waals surface area contributed by atoms with Gasteiger partial charge in [-0.2, -0.15) is 0 Å². The average molecular weight is 391 g/mol. The lowest BCUT2D eigenvalue weighted by molar-refractivity contribution is -0.704. The van der Waals surface area contributed by atoms with Crippen LogP contribution in [0.15, 0.2) is 83.3 Å². The molecule has 0 bridgehead atoms. The van der Waals surface area contributed by atoms with E-state index in [-0.39, 0.29) is 6.04 Å². The van der Waals surface area contributed by atoms with E-state index in [9.17, 15) is 0 Å². The molecule has 2 N–H and O–H groups in total. The van der Waals surface area contributed by atoms with E-state index in [4.69, 9.17) is 16.0 Å². The van der Waals surface area contributed by atoms with E-state index in [1.807, 2.05) is 30.3 Å². The molecule has 0 spiro atoms. The Balaban J connectivity index is 1.53. The van der Waals surface area contributed by atoms with Gasteiger partial charge in [0.1, 0.15) is 6.04 Å². The van der Waals surface area contributed by atoms with Crippen molar-refractivity contribution >= 4 is 11.6 Å². The Morgan fingerprint density at radius 2 is 1.54 bits per heavy atom. The largest absolute Gasteiger partial charge is 0.415 e. The lowest BCUT2D eigenvalue weighted by atomic mass is 9.98. The molecule has 4 rings (SSSR count). The normalized spacial score (nSPS) is 12.1. The van der Waals surface area contributed by atoms with Crippen molar-refractivity contribution in [2.24, 2.45) is 0 Å². The number of nitrogens with zero attached hydrogens (tertiary/aromatic N) is 2. The van der Waals surface area contributed by atoms with E-state index >= 15 is 0 Å². The van der Waals surface area contributed by atoms with Crippen LogP contribution in [0.3, 0.4) is 0 Å². The first kappa shape index (κ1) is 18.4. The molecule has 0 aliphatic heterocycles. The molecule has 4 aromatic rings. The quantitative estimate of drug-likeness (QED) is 0.525. The standard InChI is InChI=1S/C23H20ClN3O/c1-16-7-9-18(10-8-16)22(17-5-3-2-4-6-17)25-15-21-26-27-23(28-21)19-11-13-20(24)14-12-19/h2-14,22,25H,15H2,1H3/p+1/t22-/m1/s1. The molecule has 0 aliphatic carbocycles. The number of aromatic nitrogens is 2. The van der Waals surface area contributed by atoms with Crippen molar-refractivity contribution in [3.8, 4) is 11.5 Å². The minimum Gasteiger partial charge on any atom is -0.415 e. The SMILES string of the molecule is Cc1ccc([C@H]([NH2+]Cc2nnc(-c3ccc(Cl)cc3)o2)c2ccccc2)cc1. The minimum atomic E-state index is 0.160. The molecule has 1 atom stereocenters. The molecule has 1 heterocycles. The number of benzene rings is 3. The lowest BCUT2D eigenvalue weighted by Gasteiger charge is -2.16. The summed E-state index contributed by atoms with van der Waals surface area (Å²) in [4.78, 5) is 0. The highest BCUT2D eigenvalue weighted by Gasteiger charge is 2.19. The van der Waals surface area contributed by atoms with Gasteiger partial charge >= 0.3 is 0 Å². The van der Waals surface area contributed by atoms with E-state index in [0.717, 1.165) is 5.56 Å². The Bertz CT molecular complexity index is 1030. The summed E-state index contributed by atoms with van der Waals surface area (Å²) in [5, 5.41) is 11.3. The fourth-order valence-corrected chi connectivity index (χ4v) is 3.29. The summed E-state index contributed by atoms with van der Waals surface area (Å²) in [5.74, 6) is 1.10. The maximum absolute atomic E-state index is 5.94. The summed E-state index contributed by atoms with van der Waals surface area (Å²) in [6, 6.07) is 26.6. The number of hydrogen-bond donors (Lipinski definition) is 1. The van der Waals surface area contributed by atoms with Gasteiger partial charge in [0.15, 0.2) is 6.54 Å². The Hall–Kier alpha value is -2.95. The van der Waals surface area contributed by atoms with Gasteiger partial charge in [0, 0.05) is 21.7 Å². The highest BCUT2D eigenvalue weighted by molar-refractivity contribution is 6.30. The van der Waals surface area contributed by atoms with Gasteiger partial charge in [0.2, 0.25) is 5.89 Å². The molecule has 0 saturated heterocycles. The van der Waals surface area contributed by atoms with Gasteiger partial charge in [-0.1, -0.05) is 71.8 Å². The summed E-state index contributed by atoms with van der Waals surface area (Å²) in [6.07, 6.45) is 0. The van der Waals surface area contributed by atoms with E-state index in [1.165, 1.54) is 16.7 Å². The summed E-state index contributed by atoms with van der Waals surface area (Å²) >= 11 is 5.94. The molecule has 3 aromatic carbocycles. The van der Waals surface area contributed by atoms with E-state index in [1.54, 1.807) is 0 Å². The molecule has 4 nitrogen and oxygen atoms in total. The van der Waals surface area contributed by atoms with Crippen LogP contribution in [0, 0.1) is 6.92 Å². The van der Waals surface area contributed by atoms with Crippen molar-refractivity contribution in [3.05, 3.63) is 106 Å². The smallest absolute Gasteiger partial charge is 0.271 e. The number of quaternary nitrogens is 1. The first-order valence-corrected chi connectivity index (χ1v) is 9.60. The highest BCUT2D eigenvalue weighted by Crippen LogP contribution is 2.21. The number of rotatable bonds is 6. The van der Waals surface area contributed by atoms with Crippen molar-refractivity contribution in [2.75, 3.05) is 0 Å². The van der Waals surface area contributed by atoms with Crippen LogP contribution in [0.5, 0.6) is 0 Å². The fourth-order valence-electron chi connectivity index (χ4n) is 3.16. The Morgan fingerprint density at radius 1 is 0.857 bits per heavy atom. The van der Waals surface area contributed by atoms with Crippen LogP contribution < -0.4 is 5.32 Å². The molecule has 5 heteroatoms. The van der Waals surface area contributed by atoms with Crippen LogP contribution in [-0.4, -0.2) is 10.2 Å². The molecule has 0 saturated carbocycles. The summed E-state index contributed by atoms with van der Waals surface area (Å²) in [5.41, 5.74) is 4.60. The third kappa shape index (κ3) is 4.30. The van der Waals surface area contributed by atoms with Gasteiger partial charge in [-0.05, 0) is 31.2 Å². The van der Waals surface area contributed by atoms with Crippen molar-refractivity contribution in [1.82, 2.24) is 10.2 Å². The van der Waals surface area contributed by atoms with Gasteiger partial charge in [-0.3, -0.25) is 0 Å². The monoisotopic (exact) mass is 390 g/mol. The van der Waals surface area contributed by atoms with Gasteiger partial charge in [-0.15, -0.1) is 10.2 Å². The van der Waals surface area contributed by atoms with Crippen LogP contribution in [-0.2, 0) is 6.54 Å². The zero-order chi connectivity index (χ0) is 19.3. The summed E-state index contributed by atoms with van der Waals surface area (Å²) < 4.78 is 5.85. The zero-order valence-corrected chi connectivity index (χ0v) is 16.3. The molecule has 0 aliphatic rings. The molecule has 0 unspecified atom stereocenters. The molecule has 0 amide bonds. The molecule has 28 heavy (non-hydrogen) atoms. The third-order valence-electron chi connectivity index (χ3n) is 4.68. The van der Waals surface area contributed by atoms with Crippen LogP contribution in [0.4, 0.5) is 0 Å². The van der Waals surface area contributed by atoms with Crippen molar-refractivity contribution in [2.45, 2.75) is 19.5 Å². The van der Waals surface area contributed by atoms with Crippen LogP contribution >= 0.6 is 11.6 Å². The molecular formula is C23H21ClN3O+. The second-order valence-corrected chi connectivity index (χ2v) is 7.18. The van der Waals surface area contributed by atoms with Gasteiger partial charge in [0.05, 0.1) is 0 Å². The van der Waals surface area contributed by atoms with Gasteiger partial charge in [0.25, 0.3) is 5.89 Å². The number of nitrogens with two attached hydrogens (primary N) is 1. The molecule has 1 aromatic heterocycles. The second kappa shape index (κ2) is 8.38. The molecular weight excluding hydrogens is 370 g/mol. The number of aryl methyl sites for hydroxylation is 1. The number of hydrogen-bond acceptors (Lipinski definition) is 3. The number of halogens is 1. The highest BCUT2D eigenvalue weighted by atomic mass is 35.5. The first-order valence-electron chi connectivity index (χ1n) is 9.22. The molecule has 140 valence electrons. The van der Waals surface area contributed by atoms with Crippen LogP contribution in [0.2, 0.25) is 5.02 Å². The average Bonchev–Trinajstić information content (AvgIpc) is 3.20. The maximum atomic E-state index is 5.94. The predicted molar refractivity (Wildman–Crippen MR) is 110 cm³/mol.